The number of carbonyl (C=O) groups excluding carboxylic acids is 2. The van der Waals surface area contributed by atoms with Gasteiger partial charge in [-0.25, -0.2) is 4.39 Å². The Bertz CT molecular complexity index is 1160. The third kappa shape index (κ3) is 3.63. The maximum absolute atomic E-state index is 14.0. The molecule has 2 N–H and O–H groups in total. The molecule has 1 aliphatic rings. The predicted molar refractivity (Wildman–Crippen MR) is 115 cm³/mol. The lowest BCUT2D eigenvalue weighted by Crippen LogP contribution is -2.54. The van der Waals surface area contributed by atoms with Crippen molar-refractivity contribution >= 4 is 35.1 Å². The first-order valence-corrected chi connectivity index (χ1v) is 10.2. The lowest BCUT2D eigenvalue weighted by Gasteiger charge is -2.38. The van der Waals surface area contributed by atoms with E-state index in [2.05, 4.69) is 9.97 Å². The number of halogens is 1. The molecule has 1 aromatic heterocycles. The van der Waals surface area contributed by atoms with E-state index in [4.69, 9.17) is 12.2 Å². The molecule has 30 heavy (non-hydrogen) atoms. The van der Waals surface area contributed by atoms with Crippen LogP contribution in [0.4, 0.5) is 4.39 Å². The van der Waals surface area contributed by atoms with Gasteiger partial charge in [-0.3, -0.25) is 9.59 Å². The topological polar surface area (TPSA) is 72.2 Å². The minimum atomic E-state index is -0.651. The first kappa shape index (κ1) is 20.3. The average molecular weight is 427 g/mol. The first-order chi connectivity index (χ1) is 14.3. The molecule has 0 spiro atoms. The zero-order valence-corrected chi connectivity index (χ0v) is 17.7. The van der Waals surface area contributed by atoms with Gasteiger partial charge < -0.3 is 19.8 Å². The fourth-order valence-corrected chi connectivity index (χ4v) is 4.14. The summed E-state index contributed by atoms with van der Waals surface area (Å²) in [6.07, 6.45) is 0. The van der Waals surface area contributed by atoms with Crippen molar-refractivity contribution in [1.82, 2.24) is 19.8 Å². The quantitative estimate of drug-likeness (QED) is 0.629. The van der Waals surface area contributed by atoms with Crippen LogP contribution in [0.1, 0.15) is 29.8 Å². The number of nitrogens with one attached hydrogen (secondary N) is 2. The molecule has 0 bridgehead atoms. The molecule has 0 saturated carbocycles. The summed E-state index contributed by atoms with van der Waals surface area (Å²) in [6.45, 7) is 5.47. The minimum absolute atomic E-state index is 0.0312. The number of fused-ring (bicyclic) bond motifs is 1. The van der Waals surface area contributed by atoms with Gasteiger partial charge in [0, 0.05) is 26.2 Å². The lowest BCUT2D eigenvalue weighted by molar-refractivity contribution is -0.137. The van der Waals surface area contributed by atoms with Crippen LogP contribution in [0.25, 0.3) is 11.0 Å². The Morgan fingerprint density at radius 1 is 1.00 bits per heavy atom. The molecule has 2 heterocycles. The largest absolute Gasteiger partial charge is 0.338 e. The van der Waals surface area contributed by atoms with Gasteiger partial charge in [0.05, 0.1) is 22.0 Å². The Morgan fingerprint density at radius 3 is 2.30 bits per heavy atom. The Hall–Kier alpha value is -3.00. The van der Waals surface area contributed by atoms with Crippen molar-refractivity contribution in [3.63, 3.8) is 0 Å². The van der Waals surface area contributed by atoms with Crippen LogP contribution in [-0.2, 0) is 10.2 Å². The molecule has 0 aliphatic carbocycles. The third-order valence-corrected chi connectivity index (χ3v) is 5.91. The normalized spacial score (nSPS) is 14.9. The number of nitrogens with zero attached hydrogens (tertiary/aromatic N) is 2. The Labute approximate surface area is 178 Å². The highest BCUT2D eigenvalue weighted by atomic mass is 32.1. The van der Waals surface area contributed by atoms with E-state index < -0.39 is 11.2 Å². The molecule has 0 unspecified atom stereocenters. The number of imidazole rings is 1. The monoisotopic (exact) mass is 426 g/mol. The van der Waals surface area contributed by atoms with Crippen molar-refractivity contribution < 1.29 is 14.0 Å². The zero-order chi connectivity index (χ0) is 21.5. The Morgan fingerprint density at radius 2 is 1.63 bits per heavy atom. The molecule has 8 heteroatoms. The van der Waals surface area contributed by atoms with Crippen molar-refractivity contribution in [3.8, 4) is 0 Å². The van der Waals surface area contributed by atoms with Crippen LogP contribution in [0.5, 0.6) is 0 Å². The third-order valence-electron chi connectivity index (χ3n) is 5.70. The molecule has 1 saturated heterocycles. The van der Waals surface area contributed by atoms with Crippen LogP contribution in [0, 0.1) is 10.6 Å². The second-order valence-electron chi connectivity index (χ2n) is 8.03. The van der Waals surface area contributed by atoms with E-state index in [1.54, 1.807) is 9.80 Å². The number of piperazine rings is 1. The van der Waals surface area contributed by atoms with Gasteiger partial charge in [0.15, 0.2) is 4.77 Å². The molecule has 0 radical (unpaired) electrons. The molecule has 0 atom stereocenters. The van der Waals surface area contributed by atoms with Gasteiger partial charge in [-0.1, -0.05) is 30.3 Å². The number of benzene rings is 2. The van der Waals surface area contributed by atoms with E-state index in [-0.39, 0.29) is 17.4 Å². The zero-order valence-electron chi connectivity index (χ0n) is 16.9. The second-order valence-corrected chi connectivity index (χ2v) is 8.44. The van der Waals surface area contributed by atoms with Gasteiger partial charge in [0.1, 0.15) is 5.82 Å². The molecule has 156 valence electrons. The summed E-state index contributed by atoms with van der Waals surface area (Å²) in [6, 6.07) is 12.2. The van der Waals surface area contributed by atoms with Crippen molar-refractivity contribution in [2.75, 3.05) is 26.2 Å². The molecule has 2 amide bonds. The first-order valence-electron chi connectivity index (χ1n) is 9.83. The van der Waals surface area contributed by atoms with Gasteiger partial charge in [0.25, 0.3) is 5.91 Å². The highest BCUT2D eigenvalue weighted by molar-refractivity contribution is 7.71. The van der Waals surface area contributed by atoms with E-state index in [0.29, 0.717) is 42.0 Å². The molecule has 1 aliphatic heterocycles. The summed E-state index contributed by atoms with van der Waals surface area (Å²) in [5.41, 5.74) is 1.50. The van der Waals surface area contributed by atoms with Crippen LogP contribution in [-0.4, -0.2) is 57.8 Å². The van der Waals surface area contributed by atoms with Crippen LogP contribution in [0.3, 0.4) is 0 Å². The highest BCUT2D eigenvalue weighted by Gasteiger charge is 2.36. The van der Waals surface area contributed by atoms with E-state index in [1.165, 1.54) is 12.1 Å². The maximum atomic E-state index is 14.0. The number of H-pyrrole nitrogens is 2. The summed E-state index contributed by atoms with van der Waals surface area (Å²) in [5, 5.41) is 0. The number of rotatable bonds is 3. The molecule has 1 fully saturated rings. The van der Waals surface area contributed by atoms with Gasteiger partial charge >= 0.3 is 0 Å². The number of aromatic nitrogens is 2. The van der Waals surface area contributed by atoms with E-state index in [9.17, 15) is 14.0 Å². The van der Waals surface area contributed by atoms with Gasteiger partial charge in [-0.2, -0.15) is 0 Å². The number of aromatic amines is 2. The van der Waals surface area contributed by atoms with Crippen LogP contribution >= 0.6 is 12.2 Å². The maximum Gasteiger partial charge on any atom is 0.256 e. The van der Waals surface area contributed by atoms with Gasteiger partial charge in [-0.15, -0.1) is 0 Å². The van der Waals surface area contributed by atoms with Gasteiger partial charge in [-0.05, 0) is 43.8 Å². The fourth-order valence-electron chi connectivity index (χ4n) is 3.93. The summed E-state index contributed by atoms with van der Waals surface area (Å²) in [4.78, 5) is 35.4. The van der Waals surface area contributed by atoms with Crippen molar-refractivity contribution in [2.24, 2.45) is 0 Å². The summed E-state index contributed by atoms with van der Waals surface area (Å²) in [7, 11) is 0. The molecule has 4 rings (SSSR count). The SMILES string of the molecule is CC(C)(C(=O)N1CCN(C(=O)c2cc(F)cc3[nH]c(=S)[nH]c23)CC1)c1ccccc1. The van der Waals surface area contributed by atoms with E-state index >= 15 is 0 Å². The van der Waals surface area contributed by atoms with Crippen LogP contribution in [0.2, 0.25) is 0 Å². The van der Waals surface area contributed by atoms with Crippen molar-refractivity contribution in [1.29, 1.82) is 0 Å². The van der Waals surface area contributed by atoms with E-state index in [0.717, 1.165) is 5.56 Å². The summed E-state index contributed by atoms with van der Waals surface area (Å²) >= 11 is 5.08. The standard InChI is InChI=1S/C22H23FN4O2S/c1-22(2,14-6-4-3-5-7-14)20(29)27-10-8-26(9-11-27)19(28)16-12-15(23)13-17-18(16)25-21(30)24-17/h3-7,12-13H,8-11H2,1-2H3,(H2,24,25,30). The minimum Gasteiger partial charge on any atom is -0.338 e. The predicted octanol–water partition coefficient (Wildman–Crippen LogP) is 3.63. The number of hydrogen-bond acceptors (Lipinski definition) is 3. The Kier molecular flexibility index (Phi) is 5.19. The molecule has 3 aromatic rings. The van der Waals surface area contributed by atoms with Gasteiger partial charge in [0.2, 0.25) is 5.91 Å². The number of amides is 2. The average Bonchev–Trinajstić information content (AvgIpc) is 3.12. The Balaban J connectivity index is 1.49. The smallest absolute Gasteiger partial charge is 0.256 e. The van der Waals surface area contributed by atoms with E-state index in [1.807, 2.05) is 44.2 Å². The lowest BCUT2D eigenvalue weighted by atomic mass is 9.83. The summed E-state index contributed by atoms with van der Waals surface area (Å²) < 4.78 is 14.3. The summed E-state index contributed by atoms with van der Waals surface area (Å²) in [5.74, 6) is -0.752. The number of carbonyl (C=O) groups is 2. The van der Waals surface area contributed by atoms with Crippen LogP contribution in [0.15, 0.2) is 42.5 Å². The second kappa shape index (κ2) is 7.68. The van der Waals surface area contributed by atoms with Crippen LogP contribution < -0.4 is 0 Å². The molecule has 6 nitrogen and oxygen atoms in total. The number of hydrogen-bond donors (Lipinski definition) is 2. The van der Waals surface area contributed by atoms with Crippen molar-refractivity contribution in [3.05, 3.63) is 64.2 Å². The molecule has 2 aromatic carbocycles. The fraction of sp³-hybridized carbons (Fsp3) is 0.318. The molecular formula is C22H23FN4O2S. The molecular weight excluding hydrogens is 403 g/mol. The highest BCUT2D eigenvalue weighted by Crippen LogP contribution is 2.27. The van der Waals surface area contributed by atoms with Crippen molar-refractivity contribution in [2.45, 2.75) is 19.3 Å².